The summed E-state index contributed by atoms with van der Waals surface area (Å²) in [6.45, 7) is 0.259. The first-order valence-corrected chi connectivity index (χ1v) is 8.78. The molecule has 2 aromatic carbocycles. The van der Waals surface area contributed by atoms with Gasteiger partial charge in [-0.1, -0.05) is 30.3 Å². The second-order valence-corrected chi connectivity index (χ2v) is 6.13. The molecule has 0 radical (unpaired) electrons. The minimum Gasteiger partial charge on any atom is -0.497 e. The van der Waals surface area contributed by atoms with Gasteiger partial charge < -0.3 is 9.84 Å². The number of hydrogen-bond acceptors (Lipinski definition) is 4. The average molecular weight is 376 g/mol. The van der Waals surface area contributed by atoms with Crippen molar-refractivity contribution in [1.29, 1.82) is 0 Å². The SMILES string of the molecule is COc1ccc(C(=O)C=Cc2cn(CCC(=O)O)nc2-c2ccccc2)cc1. The lowest BCUT2D eigenvalue weighted by molar-refractivity contribution is -0.137. The van der Waals surface area contributed by atoms with Crippen molar-refractivity contribution in [1.82, 2.24) is 9.78 Å². The Morgan fingerprint density at radius 1 is 1.11 bits per heavy atom. The molecule has 0 amide bonds. The second-order valence-electron chi connectivity index (χ2n) is 6.13. The third-order valence-electron chi connectivity index (χ3n) is 4.18. The monoisotopic (exact) mass is 376 g/mol. The molecule has 3 rings (SSSR count). The summed E-state index contributed by atoms with van der Waals surface area (Å²) in [4.78, 5) is 23.3. The minimum absolute atomic E-state index is 0.0240. The van der Waals surface area contributed by atoms with E-state index in [2.05, 4.69) is 5.10 Å². The number of carbonyl (C=O) groups excluding carboxylic acids is 1. The highest BCUT2D eigenvalue weighted by atomic mass is 16.5. The number of hydrogen-bond donors (Lipinski definition) is 1. The lowest BCUT2D eigenvalue weighted by atomic mass is 10.1. The Morgan fingerprint density at radius 3 is 2.46 bits per heavy atom. The third kappa shape index (κ3) is 4.73. The van der Waals surface area contributed by atoms with Crippen LogP contribution >= 0.6 is 0 Å². The summed E-state index contributed by atoms with van der Waals surface area (Å²) in [6, 6.07) is 16.5. The number of aromatic nitrogens is 2. The molecule has 0 aliphatic rings. The van der Waals surface area contributed by atoms with E-state index in [1.165, 1.54) is 6.08 Å². The molecular formula is C22H20N2O4. The van der Waals surface area contributed by atoms with Gasteiger partial charge in [-0.15, -0.1) is 0 Å². The van der Waals surface area contributed by atoms with Crippen LogP contribution in [-0.4, -0.2) is 33.7 Å². The first-order valence-electron chi connectivity index (χ1n) is 8.78. The van der Waals surface area contributed by atoms with E-state index >= 15 is 0 Å². The molecule has 0 saturated carbocycles. The first kappa shape index (κ1) is 19.1. The van der Waals surface area contributed by atoms with Crippen LogP contribution < -0.4 is 4.74 Å². The summed E-state index contributed by atoms with van der Waals surface area (Å²) in [5.74, 6) is -0.338. The molecule has 0 saturated heterocycles. The molecular weight excluding hydrogens is 356 g/mol. The number of allylic oxidation sites excluding steroid dienone is 1. The number of aliphatic carboxylic acids is 1. The lowest BCUT2D eigenvalue weighted by Crippen LogP contribution is -2.04. The molecule has 0 aliphatic heterocycles. The van der Waals surface area contributed by atoms with E-state index in [4.69, 9.17) is 9.84 Å². The predicted octanol–water partition coefficient (Wildman–Crippen LogP) is 3.93. The lowest BCUT2D eigenvalue weighted by Gasteiger charge is -2.00. The van der Waals surface area contributed by atoms with E-state index in [-0.39, 0.29) is 18.7 Å². The maximum absolute atomic E-state index is 12.5. The highest BCUT2D eigenvalue weighted by Crippen LogP contribution is 2.23. The summed E-state index contributed by atoms with van der Waals surface area (Å²) in [6.07, 6.45) is 4.93. The van der Waals surface area contributed by atoms with Crippen LogP contribution in [0.15, 0.2) is 66.9 Å². The van der Waals surface area contributed by atoms with Gasteiger partial charge in [0.2, 0.25) is 0 Å². The summed E-state index contributed by atoms with van der Waals surface area (Å²) in [5, 5.41) is 13.4. The van der Waals surface area contributed by atoms with Gasteiger partial charge >= 0.3 is 5.97 Å². The number of ketones is 1. The second kappa shape index (κ2) is 8.81. The van der Waals surface area contributed by atoms with Crippen LogP contribution in [0.3, 0.4) is 0 Å². The van der Waals surface area contributed by atoms with Crippen molar-refractivity contribution in [3.05, 3.63) is 78.0 Å². The van der Waals surface area contributed by atoms with Crippen molar-refractivity contribution in [2.24, 2.45) is 0 Å². The Morgan fingerprint density at radius 2 is 1.82 bits per heavy atom. The zero-order valence-electron chi connectivity index (χ0n) is 15.4. The summed E-state index contributed by atoms with van der Waals surface area (Å²) in [7, 11) is 1.57. The standard InChI is InChI=1S/C22H20N2O4/c1-28-19-10-7-16(8-11-19)20(25)12-9-18-15-24(14-13-21(26)27)23-22(18)17-5-3-2-4-6-17/h2-12,15H,13-14H2,1H3,(H,26,27). The largest absolute Gasteiger partial charge is 0.497 e. The quantitative estimate of drug-likeness (QED) is 0.476. The van der Waals surface area contributed by atoms with Gasteiger partial charge in [0.1, 0.15) is 5.75 Å². The number of carboxylic acids is 1. The number of ether oxygens (including phenoxy) is 1. The fourth-order valence-electron chi connectivity index (χ4n) is 2.72. The van der Waals surface area contributed by atoms with Gasteiger partial charge in [0, 0.05) is 22.9 Å². The van der Waals surface area contributed by atoms with Gasteiger partial charge in [-0.2, -0.15) is 5.10 Å². The molecule has 1 N–H and O–H groups in total. The van der Waals surface area contributed by atoms with Crippen LogP contribution in [0, 0.1) is 0 Å². The van der Waals surface area contributed by atoms with Crippen LogP contribution in [0.4, 0.5) is 0 Å². The van der Waals surface area contributed by atoms with Gasteiger partial charge in [0.05, 0.1) is 25.8 Å². The van der Waals surface area contributed by atoms with Crippen molar-refractivity contribution in [2.75, 3.05) is 7.11 Å². The Bertz CT molecular complexity index is 989. The van der Waals surface area contributed by atoms with E-state index < -0.39 is 5.97 Å². The van der Waals surface area contributed by atoms with Crippen molar-refractivity contribution in [3.8, 4) is 17.0 Å². The topological polar surface area (TPSA) is 81.4 Å². The van der Waals surface area contributed by atoms with Gasteiger partial charge in [0.15, 0.2) is 5.78 Å². The normalized spacial score (nSPS) is 10.9. The molecule has 6 heteroatoms. The van der Waals surface area contributed by atoms with E-state index in [0.717, 1.165) is 11.1 Å². The number of aryl methyl sites for hydroxylation is 1. The zero-order chi connectivity index (χ0) is 19.9. The highest BCUT2D eigenvalue weighted by Gasteiger charge is 2.11. The molecule has 1 aromatic heterocycles. The Hall–Kier alpha value is -3.67. The summed E-state index contributed by atoms with van der Waals surface area (Å²) >= 11 is 0. The maximum atomic E-state index is 12.5. The van der Waals surface area contributed by atoms with E-state index in [9.17, 15) is 9.59 Å². The molecule has 6 nitrogen and oxygen atoms in total. The van der Waals surface area contributed by atoms with Crippen molar-refractivity contribution in [2.45, 2.75) is 13.0 Å². The van der Waals surface area contributed by atoms with Crippen molar-refractivity contribution < 1.29 is 19.4 Å². The van der Waals surface area contributed by atoms with Crippen LogP contribution in [0.25, 0.3) is 17.3 Å². The Labute approximate surface area is 162 Å². The first-order chi connectivity index (χ1) is 13.6. The van der Waals surface area contributed by atoms with Crippen LogP contribution in [0.2, 0.25) is 0 Å². The third-order valence-corrected chi connectivity index (χ3v) is 4.18. The fraction of sp³-hybridized carbons (Fsp3) is 0.136. The fourth-order valence-corrected chi connectivity index (χ4v) is 2.72. The zero-order valence-corrected chi connectivity index (χ0v) is 15.4. The van der Waals surface area contributed by atoms with Crippen LogP contribution in [0.5, 0.6) is 5.75 Å². The molecule has 0 atom stereocenters. The number of carboxylic acid groups (broad SMARTS) is 1. The van der Waals surface area contributed by atoms with Gasteiger partial charge in [-0.3, -0.25) is 14.3 Å². The van der Waals surface area contributed by atoms with Gasteiger partial charge in [-0.25, -0.2) is 0 Å². The molecule has 28 heavy (non-hydrogen) atoms. The number of rotatable bonds is 8. The summed E-state index contributed by atoms with van der Waals surface area (Å²) < 4.78 is 6.69. The number of benzene rings is 2. The molecule has 0 aliphatic carbocycles. The maximum Gasteiger partial charge on any atom is 0.305 e. The smallest absolute Gasteiger partial charge is 0.305 e. The van der Waals surface area contributed by atoms with Gasteiger partial charge in [0.25, 0.3) is 0 Å². The van der Waals surface area contributed by atoms with Crippen LogP contribution in [0.1, 0.15) is 22.3 Å². The molecule has 142 valence electrons. The molecule has 0 fully saturated rings. The molecule has 0 bridgehead atoms. The van der Waals surface area contributed by atoms with Crippen molar-refractivity contribution in [3.63, 3.8) is 0 Å². The minimum atomic E-state index is -0.886. The highest BCUT2D eigenvalue weighted by molar-refractivity contribution is 6.07. The van der Waals surface area contributed by atoms with E-state index in [0.29, 0.717) is 17.0 Å². The molecule has 0 spiro atoms. The molecule has 3 aromatic rings. The molecule has 1 heterocycles. The number of methoxy groups -OCH3 is 1. The van der Waals surface area contributed by atoms with E-state index in [1.807, 2.05) is 30.3 Å². The number of carbonyl (C=O) groups is 2. The van der Waals surface area contributed by atoms with Gasteiger partial charge in [-0.05, 0) is 36.4 Å². The molecule has 0 unspecified atom stereocenters. The summed E-state index contributed by atoms with van der Waals surface area (Å²) in [5.41, 5.74) is 2.90. The van der Waals surface area contributed by atoms with Crippen molar-refractivity contribution >= 4 is 17.8 Å². The van der Waals surface area contributed by atoms with E-state index in [1.54, 1.807) is 48.3 Å². The Kier molecular flexibility index (Phi) is 6.01. The average Bonchev–Trinajstić information content (AvgIpc) is 3.14. The van der Waals surface area contributed by atoms with Crippen LogP contribution in [-0.2, 0) is 11.3 Å². The predicted molar refractivity (Wildman–Crippen MR) is 106 cm³/mol. The Balaban J connectivity index is 1.87. The number of nitrogens with zero attached hydrogens (tertiary/aromatic N) is 2.